The number of nitrogens with zero attached hydrogens (tertiary/aromatic N) is 2. The van der Waals surface area contributed by atoms with E-state index >= 15 is 0 Å². The van der Waals surface area contributed by atoms with Gasteiger partial charge in [0.05, 0.1) is 0 Å². The number of hydrogen-bond donors (Lipinski definition) is 1. The smallest absolute Gasteiger partial charge is 0.227 e. The summed E-state index contributed by atoms with van der Waals surface area (Å²) in [6.45, 7) is 2.72. The van der Waals surface area contributed by atoms with Gasteiger partial charge in [-0.2, -0.15) is 4.98 Å². The summed E-state index contributed by atoms with van der Waals surface area (Å²) in [6, 6.07) is 9.61. The summed E-state index contributed by atoms with van der Waals surface area (Å²) in [4.78, 5) is 15.7. The number of aryl methyl sites for hydroxylation is 1. The number of hydrogen-bond acceptors (Lipinski definition) is 4. The molecule has 1 aromatic carbocycles. The Morgan fingerprint density at radius 2 is 2.11 bits per heavy atom. The molecular weight excluding hydrogens is 242 g/mol. The van der Waals surface area contributed by atoms with E-state index in [2.05, 4.69) is 15.5 Å². The van der Waals surface area contributed by atoms with Crippen molar-refractivity contribution >= 4 is 5.91 Å². The van der Waals surface area contributed by atoms with Gasteiger partial charge in [0.1, 0.15) is 0 Å². The molecule has 5 nitrogen and oxygen atoms in total. The highest BCUT2D eigenvalue weighted by Crippen LogP contribution is 2.15. The molecule has 0 aliphatic carbocycles. The van der Waals surface area contributed by atoms with Crippen LogP contribution >= 0.6 is 0 Å². The first-order valence-electron chi connectivity index (χ1n) is 6.44. The minimum Gasteiger partial charge on any atom is -0.356 e. The van der Waals surface area contributed by atoms with Gasteiger partial charge in [0.25, 0.3) is 0 Å². The number of carbonyl (C=O) groups excluding carboxylic acids is 1. The Morgan fingerprint density at radius 1 is 1.32 bits per heavy atom. The zero-order valence-corrected chi connectivity index (χ0v) is 10.9. The SMILES string of the molecule is CCCNC(=O)CCc1nc(-c2ccccc2)no1. The molecule has 2 aromatic rings. The lowest BCUT2D eigenvalue weighted by atomic mass is 10.2. The Bertz CT molecular complexity index is 522. The summed E-state index contributed by atoms with van der Waals surface area (Å²) >= 11 is 0. The molecule has 0 aliphatic heterocycles. The van der Waals surface area contributed by atoms with Gasteiger partial charge in [-0.1, -0.05) is 42.4 Å². The lowest BCUT2D eigenvalue weighted by Gasteiger charge is -2.00. The van der Waals surface area contributed by atoms with Crippen molar-refractivity contribution in [3.05, 3.63) is 36.2 Å². The van der Waals surface area contributed by atoms with E-state index in [4.69, 9.17) is 4.52 Å². The van der Waals surface area contributed by atoms with Crippen LogP contribution in [0.2, 0.25) is 0 Å². The fraction of sp³-hybridized carbons (Fsp3) is 0.357. The lowest BCUT2D eigenvalue weighted by Crippen LogP contribution is -2.24. The van der Waals surface area contributed by atoms with E-state index in [1.165, 1.54) is 0 Å². The second-order valence-electron chi connectivity index (χ2n) is 4.23. The maximum absolute atomic E-state index is 11.5. The number of rotatable bonds is 6. The second kappa shape index (κ2) is 6.68. The predicted molar refractivity (Wildman–Crippen MR) is 71.4 cm³/mol. The average Bonchev–Trinajstić information content (AvgIpc) is 2.93. The molecule has 5 heteroatoms. The van der Waals surface area contributed by atoms with E-state index < -0.39 is 0 Å². The maximum atomic E-state index is 11.5. The fourth-order valence-electron chi connectivity index (χ4n) is 1.63. The molecule has 0 aliphatic rings. The lowest BCUT2D eigenvalue weighted by molar-refractivity contribution is -0.121. The third kappa shape index (κ3) is 3.91. The predicted octanol–water partition coefficient (Wildman–Crippen LogP) is 2.20. The van der Waals surface area contributed by atoms with E-state index in [0.717, 1.165) is 12.0 Å². The van der Waals surface area contributed by atoms with Gasteiger partial charge in [-0.25, -0.2) is 0 Å². The van der Waals surface area contributed by atoms with Gasteiger partial charge >= 0.3 is 0 Å². The van der Waals surface area contributed by atoms with E-state index in [-0.39, 0.29) is 5.91 Å². The monoisotopic (exact) mass is 259 g/mol. The highest BCUT2D eigenvalue weighted by Gasteiger charge is 2.09. The largest absolute Gasteiger partial charge is 0.356 e. The van der Waals surface area contributed by atoms with Gasteiger partial charge in [0, 0.05) is 24.9 Å². The molecule has 0 saturated carbocycles. The Labute approximate surface area is 112 Å². The van der Waals surface area contributed by atoms with Crippen LogP contribution in [-0.2, 0) is 11.2 Å². The summed E-state index contributed by atoms with van der Waals surface area (Å²) in [7, 11) is 0. The standard InChI is InChI=1S/C14H17N3O2/c1-2-10-15-12(18)8-9-13-16-14(17-19-13)11-6-4-3-5-7-11/h3-7H,2,8-10H2,1H3,(H,15,18). The highest BCUT2D eigenvalue weighted by atomic mass is 16.5. The summed E-state index contributed by atoms with van der Waals surface area (Å²) in [5.74, 6) is 1.07. The van der Waals surface area contributed by atoms with E-state index in [9.17, 15) is 4.79 Å². The first kappa shape index (κ1) is 13.3. The summed E-state index contributed by atoms with van der Waals surface area (Å²) in [6.07, 6.45) is 1.77. The van der Waals surface area contributed by atoms with Crippen LogP contribution in [0.4, 0.5) is 0 Å². The maximum Gasteiger partial charge on any atom is 0.227 e. The molecule has 0 saturated heterocycles. The van der Waals surface area contributed by atoms with Crippen molar-refractivity contribution in [2.45, 2.75) is 26.2 Å². The first-order chi connectivity index (χ1) is 9.29. The van der Waals surface area contributed by atoms with Crippen molar-refractivity contribution in [2.24, 2.45) is 0 Å². The first-order valence-corrected chi connectivity index (χ1v) is 6.44. The zero-order chi connectivity index (χ0) is 13.5. The van der Waals surface area contributed by atoms with Crippen LogP contribution < -0.4 is 5.32 Å². The molecule has 2 rings (SSSR count). The Kier molecular flexibility index (Phi) is 4.66. The van der Waals surface area contributed by atoms with Gasteiger partial charge in [0.2, 0.25) is 17.6 Å². The second-order valence-corrected chi connectivity index (χ2v) is 4.23. The molecule has 0 spiro atoms. The Hall–Kier alpha value is -2.17. The molecule has 0 radical (unpaired) electrons. The topological polar surface area (TPSA) is 68.0 Å². The number of benzene rings is 1. The van der Waals surface area contributed by atoms with E-state index in [1.54, 1.807) is 0 Å². The fourth-order valence-corrected chi connectivity index (χ4v) is 1.63. The molecule has 1 aromatic heterocycles. The molecule has 0 fully saturated rings. The van der Waals surface area contributed by atoms with Crippen molar-refractivity contribution in [3.8, 4) is 11.4 Å². The molecule has 19 heavy (non-hydrogen) atoms. The van der Waals surface area contributed by atoms with Gasteiger partial charge in [0.15, 0.2) is 0 Å². The van der Waals surface area contributed by atoms with Crippen LogP contribution in [0.25, 0.3) is 11.4 Å². The summed E-state index contributed by atoms with van der Waals surface area (Å²) in [5.41, 5.74) is 0.910. The minimum atomic E-state index is 0.0151. The van der Waals surface area contributed by atoms with Gasteiger partial charge < -0.3 is 9.84 Å². The van der Waals surface area contributed by atoms with Crippen molar-refractivity contribution in [2.75, 3.05) is 6.54 Å². The number of carbonyl (C=O) groups is 1. The Balaban J connectivity index is 1.90. The van der Waals surface area contributed by atoms with Crippen LogP contribution in [0, 0.1) is 0 Å². The van der Waals surface area contributed by atoms with Crippen molar-refractivity contribution in [3.63, 3.8) is 0 Å². The van der Waals surface area contributed by atoms with Gasteiger partial charge in [-0.3, -0.25) is 4.79 Å². The molecule has 100 valence electrons. The number of aromatic nitrogens is 2. The quantitative estimate of drug-likeness (QED) is 0.863. The molecule has 0 unspecified atom stereocenters. The van der Waals surface area contributed by atoms with Crippen molar-refractivity contribution < 1.29 is 9.32 Å². The van der Waals surface area contributed by atoms with Crippen LogP contribution in [0.5, 0.6) is 0 Å². The molecule has 0 atom stereocenters. The third-order valence-electron chi connectivity index (χ3n) is 2.64. The molecule has 1 amide bonds. The number of nitrogens with one attached hydrogen (secondary N) is 1. The normalized spacial score (nSPS) is 10.4. The molecule has 1 heterocycles. The molecule has 1 N–H and O–H groups in total. The highest BCUT2D eigenvalue weighted by molar-refractivity contribution is 5.75. The van der Waals surface area contributed by atoms with Crippen LogP contribution in [0.3, 0.4) is 0 Å². The van der Waals surface area contributed by atoms with Crippen molar-refractivity contribution in [1.82, 2.24) is 15.5 Å². The van der Waals surface area contributed by atoms with Crippen molar-refractivity contribution in [1.29, 1.82) is 0 Å². The average molecular weight is 259 g/mol. The van der Waals surface area contributed by atoms with Gasteiger partial charge in [-0.05, 0) is 6.42 Å². The molecular formula is C14H17N3O2. The van der Waals surface area contributed by atoms with Crippen LogP contribution in [0.15, 0.2) is 34.9 Å². The van der Waals surface area contributed by atoms with Crippen LogP contribution in [-0.4, -0.2) is 22.6 Å². The summed E-state index contributed by atoms with van der Waals surface area (Å²) in [5, 5.41) is 6.72. The van der Waals surface area contributed by atoms with Crippen LogP contribution in [0.1, 0.15) is 25.7 Å². The van der Waals surface area contributed by atoms with Gasteiger partial charge in [-0.15, -0.1) is 0 Å². The molecule has 0 bridgehead atoms. The van der Waals surface area contributed by atoms with E-state index in [0.29, 0.717) is 31.1 Å². The zero-order valence-electron chi connectivity index (χ0n) is 10.9. The van der Waals surface area contributed by atoms with E-state index in [1.807, 2.05) is 37.3 Å². The Morgan fingerprint density at radius 3 is 2.84 bits per heavy atom. The number of amides is 1. The minimum absolute atomic E-state index is 0.0151. The third-order valence-corrected chi connectivity index (χ3v) is 2.64. The summed E-state index contributed by atoms with van der Waals surface area (Å²) < 4.78 is 5.13.